The minimum absolute atomic E-state index is 0.153. The molecule has 1 heterocycles. The van der Waals surface area contributed by atoms with Crippen LogP contribution in [0.2, 0.25) is 0 Å². The van der Waals surface area contributed by atoms with Crippen molar-refractivity contribution in [1.82, 2.24) is 9.78 Å². The normalized spacial score (nSPS) is 9.78. The summed E-state index contributed by atoms with van der Waals surface area (Å²) in [5.74, 6) is -0.176. The van der Waals surface area contributed by atoms with Crippen LogP contribution in [0.5, 0.6) is 0 Å². The second-order valence-corrected chi connectivity index (χ2v) is 4.84. The minimum Gasteiger partial charge on any atom is -0.324 e. The third-order valence-corrected chi connectivity index (χ3v) is 2.74. The Morgan fingerprint density at radius 1 is 1.56 bits per heavy atom. The molecular formula is C12H9IN4O. The van der Waals surface area contributed by atoms with Crippen LogP contribution in [0, 0.1) is 14.9 Å². The van der Waals surface area contributed by atoms with Crippen molar-refractivity contribution in [3.05, 3.63) is 45.8 Å². The zero-order chi connectivity index (χ0) is 13.0. The van der Waals surface area contributed by atoms with Crippen molar-refractivity contribution in [1.29, 1.82) is 5.26 Å². The molecule has 90 valence electrons. The number of benzene rings is 1. The molecule has 2 rings (SSSR count). The molecule has 6 heteroatoms. The molecule has 0 radical (unpaired) electrons. The van der Waals surface area contributed by atoms with E-state index in [1.165, 1.54) is 0 Å². The van der Waals surface area contributed by atoms with Gasteiger partial charge in [0.2, 0.25) is 5.91 Å². The molecule has 0 spiro atoms. The Hall–Kier alpha value is -1.88. The number of halogens is 1. The van der Waals surface area contributed by atoms with E-state index in [1.54, 1.807) is 41.3 Å². The molecule has 2 aromatic rings. The molecule has 0 unspecified atom stereocenters. The highest BCUT2D eigenvalue weighted by Crippen LogP contribution is 2.10. The predicted octanol–water partition coefficient (Wildman–Crippen LogP) is 2.00. The molecule has 1 N–H and O–H groups in total. The standard InChI is InChI=1S/C12H9IN4O/c13-10-6-15-17(7-10)8-12(18)16-11-3-1-2-9(4-11)5-14/h1-4,6-7H,8H2,(H,16,18). The number of carbonyl (C=O) groups excluding carboxylic acids is 1. The third kappa shape index (κ3) is 3.30. The quantitative estimate of drug-likeness (QED) is 0.859. The topological polar surface area (TPSA) is 70.7 Å². The van der Waals surface area contributed by atoms with Gasteiger partial charge in [0.15, 0.2) is 0 Å². The first-order valence-electron chi connectivity index (χ1n) is 5.15. The lowest BCUT2D eigenvalue weighted by molar-refractivity contribution is -0.116. The molecule has 18 heavy (non-hydrogen) atoms. The Morgan fingerprint density at radius 2 is 2.39 bits per heavy atom. The minimum atomic E-state index is -0.176. The largest absolute Gasteiger partial charge is 0.324 e. The van der Waals surface area contributed by atoms with Crippen LogP contribution in [0.25, 0.3) is 0 Å². The molecule has 1 aromatic heterocycles. The fourth-order valence-corrected chi connectivity index (χ4v) is 1.89. The first kappa shape index (κ1) is 12.6. The summed E-state index contributed by atoms with van der Waals surface area (Å²) < 4.78 is 2.54. The van der Waals surface area contributed by atoms with Gasteiger partial charge in [-0.05, 0) is 40.8 Å². The van der Waals surface area contributed by atoms with E-state index >= 15 is 0 Å². The van der Waals surface area contributed by atoms with E-state index in [2.05, 4.69) is 33.0 Å². The monoisotopic (exact) mass is 352 g/mol. The first-order chi connectivity index (χ1) is 8.67. The number of hydrogen-bond donors (Lipinski definition) is 1. The Balaban J connectivity index is 2.01. The van der Waals surface area contributed by atoms with Crippen LogP contribution in [0.3, 0.4) is 0 Å². The smallest absolute Gasteiger partial charge is 0.246 e. The van der Waals surface area contributed by atoms with Crippen LogP contribution < -0.4 is 5.32 Å². The van der Waals surface area contributed by atoms with Gasteiger partial charge in [0.1, 0.15) is 6.54 Å². The average Bonchev–Trinajstić information content (AvgIpc) is 2.74. The maximum atomic E-state index is 11.7. The number of amides is 1. The van der Waals surface area contributed by atoms with E-state index in [-0.39, 0.29) is 12.5 Å². The Bertz CT molecular complexity index is 615. The number of nitrogens with zero attached hydrogens (tertiary/aromatic N) is 3. The van der Waals surface area contributed by atoms with Crippen LogP contribution >= 0.6 is 22.6 Å². The van der Waals surface area contributed by atoms with E-state index in [9.17, 15) is 4.79 Å². The summed E-state index contributed by atoms with van der Waals surface area (Å²) >= 11 is 2.13. The van der Waals surface area contributed by atoms with Crippen LogP contribution in [0.1, 0.15) is 5.56 Å². The lowest BCUT2D eigenvalue weighted by Gasteiger charge is -2.05. The second-order valence-electron chi connectivity index (χ2n) is 3.60. The fraction of sp³-hybridized carbons (Fsp3) is 0.0833. The SMILES string of the molecule is N#Cc1cccc(NC(=O)Cn2cc(I)cn2)c1. The van der Waals surface area contributed by atoms with E-state index < -0.39 is 0 Å². The van der Waals surface area contributed by atoms with Crippen molar-refractivity contribution < 1.29 is 4.79 Å². The molecule has 0 atom stereocenters. The summed E-state index contributed by atoms with van der Waals surface area (Å²) in [6, 6.07) is 8.81. The molecule has 0 saturated heterocycles. The predicted molar refractivity (Wildman–Crippen MR) is 74.7 cm³/mol. The summed E-state index contributed by atoms with van der Waals surface area (Å²) in [4.78, 5) is 11.7. The second kappa shape index (κ2) is 5.64. The number of nitrogens with one attached hydrogen (secondary N) is 1. The van der Waals surface area contributed by atoms with Gasteiger partial charge in [-0.2, -0.15) is 10.4 Å². The maximum absolute atomic E-state index is 11.7. The zero-order valence-corrected chi connectivity index (χ0v) is 11.5. The Morgan fingerprint density at radius 3 is 3.06 bits per heavy atom. The van der Waals surface area contributed by atoms with Crippen molar-refractivity contribution in [3.63, 3.8) is 0 Å². The van der Waals surface area contributed by atoms with Gasteiger partial charge in [-0.15, -0.1) is 0 Å². The number of carbonyl (C=O) groups is 1. The van der Waals surface area contributed by atoms with E-state index in [1.807, 2.05) is 6.07 Å². The Kier molecular flexibility index (Phi) is 3.94. The number of nitriles is 1. The number of rotatable bonds is 3. The highest BCUT2D eigenvalue weighted by molar-refractivity contribution is 14.1. The lowest BCUT2D eigenvalue weighted by atomic mass is 10.2. The van der Waals surface area contributed by atoms with Crippen molar-refractivity contribution in [2.45, 2.75) is 6.54 Å². The molecule has 1 aromatic carbocycles. The van der Waals surface area contributed by atoms with E-state index in [0.29, 0.717) is 11.3 Å². The first-order valence-corrected chi connectivity index (χ1v) is 6.23. The summed E-state index contributed by atoms with van der Waals surface area (Å²) in [5.41, 5.74) is 1.13. The summed E-state index contributed by atoms with van der Waals surface area (Å²) in [7, 11) is 0. The molecule has 1 amide bonds. The molecule has 0 fully saturated rings. The van der Waals surface area contributed by atoms with Crippen molar-refractivity contribution >= 4 is 34.2 Å². The van der Waals surface area contributed by atoms with Crippen molar-refractivity contribution in [2.75, 3.05) is 5.32 Å². The van der Waals surface area contributed by atoms with E-state index in [0.717, 1.165) is 3.57 Å². The van der Waals surface area contributed by atoms with Gasteiger partial charge in [-0.3, -0.25) is 9.48 Å². The lowest BCUT2D eigenvalue weighted by Crippen LogP contribution is -2.19. The van der Waals surface area contributed by atoms with Gasteiger partial charge in [-0.1, -0.05) is 6.07 Å². The van der Waals surface area contributed by atoms with Crippen LogP contribution in [0.15, 0.2) is 36.7 Å². The summed E-state index contributed by atoms with van der Waals surface area (Å²) in [6.07, 6.45) is 3.47. The molecule has 0 bridgehead atoms. The van der Waals surface area contributed by atoms with E-state index in [4.69, 9.17) is 5.26 Å². The summed E-state index contributed by atoms with van der Waals surface area (Å²) in [6.45, 7) is 0.153. The number of anilines is 1. The molecule has 0 aliphatic rings. The summed E-state index contributed by atoms with van der Waals surface area (Å²) in [5, 5.41) is 15.5. The highest BCUT2D eigenvalue weighted by Gasteiger charge is 2.05. The fourth-order valence-electron chi connectivity index (χ4n) is 1.44. The zero-order valence-electron chi connectivity index (χ0n) is 9.30. The number of aromatic nitrogens is 2. The van der Waals surface area contributed by atoms with Crippen LogP contribution in [-0.4, -0.2) is 15.7 Å². The maximum Gasteiger partial charge on any atom is 0.246 e. The Labute approximate surface area is 118 Å². The molecule has 0 saturated carbocycles. The van der Waals surface area contributed by atoms with Gasteiger partial charge in [0.05, 0.1) is 21.4 Å². The molecule has 0 aliphatic carbocycles. The van der Waals surface area contributed by atoms with Crippen molar-refractivity contribution in [3.8, 4) is 6.07 Å². The number of hydrogen-bond acceptors (Lipinski definition) is 3. The van der Waals surface area contributed by atoms with Crippen LogP contribution in [0.4, 0.5) is 5.69 Å². The highest BCUT2D eigenvalue weighted by atomic mass is 127. The van der Waals surface area contributed by atoms with Gasteiger partial charge in [0, 0.05) is 11.9 Å². The molecular weight excluding hydrogens is 343 g/mol. The average molecular weight is 352 g/mol. The van der Waals surface area contributed by atoms with Gasteiger partial charge in [0.25, 0.3) is 0 Å². The van der Waals surface area contributed by atoms with Crippen LogP contribution in [-0.2, 0) is 11.3 Å². The molecule has 5 nitrogen and oxygen atoms in total. The third-order valence-electron chi connectivity index (χ3n) is 2.18. The van der Waals surface area contributed by atoms with Gasteiger partial charge < -0.3 is 5.32 Å². The van der Waals surface area contributed by atoms with Gasteiger partial charge >= 0.3 is 0 Å². The molecule has 0 aliphatic heterocycles. The van der Waals surface area contributed by atoms with Crippen molar-refractivity contribution in [2.24, 2.45) is 0 Å². The van der Waals surface area contributed by atoms with Gasteiger partial charge in [-0.25, -0.2) is 0 Å².